The average Bonchev–Trinajstić information content (AvgIpc) is 1.53. The molecule has 0 bridgehead atoms. The van der Waals surface area contributed by atoms with Crippen molar-refractivity contribution in [2.45, 2.75) is 38.5 Å². The Morgan fingerprint density at radius 2 is 0.545 bits per heavy atom. The minimum absolute atomic E-state index is 0.504. The quantitative estimate of drug-likeness (QED) is 0.113. The van der Waals surface area contributed by atoms with Crippen LogP contribution in [0.25, 0.3) is 65.7 Å². The lowest BCUT2D eigenvalue weighted by molar-refractivity contribution is 0.768. The molecule has 0 fully saturated rings. The van der Waals surface area contributed by atoms with Crippen molar-refractivity contribution in [1.82, 2.24) is 0 Å². The molecule has 0 N–H and O–H groups in total. The molecule has 0 saturated heterocycles. The standard InChI is InChI=1S/C86H64N2/c1-5-57(3)59-33-45-67(46-34-59)87(69-49-41-65(42-50-69)85(63-21-9-7-10-22-63)77-29-17-13-25-71(77)72-26-14-18-30-78(72)85)81-55-39-61-38-54-76-82(56-40-62-37-53-75(81)83(61)84(62)76)88(68-47-35-60(36-48-68)58(4)6-2)70-51-43-66(44-52-70)86(64-23-11-8-12-24-64)79-31-19-15-27-73(79)74-28-16-20-32-80(74)86/h5-56H,1-4H3/b57-5+,58-6+. The van der Waals surface area contributed by atoms with E-state index in [1.807, 2.05) is 0 Å². The molecule has 0 radical (unpaired) electrons. The Bertz CT molecular complexity index is 4620. The van der Waals surface area contributed by atoms with E-state index in [0.717, 1.165) is 34.1 Å². The third-order valence-corrected chi connectivity index (χ3v) is 19.6. The molecule has 2 heteroatoms. The molecule has 0 aromatic heterocycles. The van der Waals surface area contributed by atoms with E-state index < -0.39 is 10.8 Å². The third-order valence-electron chi connectivity index (χ3n) is 19.6. The Morgan fingerprint density at radius 1 is 0.273 bits per heavy atom. The molecule has 0 aliphatic heterocycles. The van der Waals surface area contributed by atoms with Crippen molar-refractivity contribution in [3.05, 3.63) is 371 Å². The number of benzene rings is 14. The average molecular weight is 1130 g/mol. The van der Waals surface area contributed by atoms with Gasteiger partial charge in [-0.2, -0.15) is 0 Å². The highest BCUT2D eigenvalue weighted by Crippen LogP contribution is 2.59. The van der Waals surface area contributed by atoms with Crippen LogP contribution in [-0.2, 0) is 10.8 Å². The first-order valence-corrected chi connectivity index (χ1v) is 30.9. The molecule has 0 amide bonds. The van der Waals surface area contributed by atoms with Crippen LogP contribution < -0.4 is 9.80 Å². The Labute approximate surface area is 516 Å². The van der Waals surface area contributed by atoms with Gasteiger partial charge >= 0.3 is 0 Å². The van der Waals surface area contributed by atoms with Crippen molar-refractivity contribution in [1.29, 1.82) is 0 Å². The van der Waals surface area contributed by atoms with Gasteiger partial charge in [-0.15, -0.1) is 0 Å². The highest BCUT2D eigenvalue weighted by molar-refractivity contribution is 6.28. The highest BCUT2D eigenvalue weighted by atomic mass is 15.1. The van der Waals surface area contributed by atoms with Crippen LogP contribution in [0.3, 0.4) is 0 Å². The SMILES string of the molecule is C/C=C(\C)c1ccc(N(c2ccc(C3(c4ccccc4)c4ccccc4-c4ccccc43)cc2)c2ccc3ccc4c(N(c5ccc(/C(C)=C/C)cc5)c5ccc(C6(c7ccccc7)c7ccccc7-c7ccccc76)cc5)ccc5ccc2c3c54)cc1. The molecule has 2 aliphatic carbocycles. The molecule has 16 rings (SSSR count). The van der Waals surface area contributed by atoms with Gasteiger partial charge in [0.05, 0.1) is 22.2 Å². The number of fused-ring (bicyclic) bond motifs is 6. The largest absolute Gasteiger partial charge is 0.310 e. The fourth-order valence-corrected chi connectivity index (χ4v) is 15.2. The first-order chi connectivity index (χ1) is 43.4. The van der Waals surface area contributed by atoms with Crippen molar-refractivity contribution in [2.24, 2.45) is 0 Å². The Morgan fingerprint density at radius 3 is 0.864 bits per heavy atom. The summed E-state index contributed by atoms with van der Waals surface area (Å²) in [7, 11) is 0. The molecular weight excluding hydrogens is 1060 g/mol. The number of rotatable bonds is 12. The molecule has 2 aliphatic rings. The van der Waals surface area contributed by atoms with Crippen molar-refractivity contribution in [3.63, 3.8) is 0 Å². The molecule has 88 heavy (non-hydrogen) atoms. The predicted molar refractivity (Wildman–Crippen MR) is 373 cm³/mol. The Hall–Kier alpha value is -10.8. The van der Waals surface area contributed by atoms with Crippen LogP contribution in [0.5, 0.6) is 0 Å². The van der Waals surface area contributed by atoms with E-state index in [4.69, 9.17) is 0 Å². The molecule has 418 valence electrons. The second kappa shape index (κ2) is 21.0. The summed E-state index contributed by atoms with van der Waals surface area (Å²) in [5.41, 5.74) is 25.9. The minimum atomic E-state index is -0.504. The van der Waals surface area contributed by atoms with Crippen LogP contribution in [0, 0.1) is 0 Å². The van der Waals surface area contributed by atoms with E-state index in [-0.39, 0.29) is 0 Å². The zero-order valence-corrected chi connectivity index (χ0v) is 49.9. The van der Waals surface area contributed by atoms with Gasteiger partial charge in [0.2, 0.25) is 0 Å². The fraction of sp³-hybridized carbons (Fsp3) is 0.0698. The van der Waals surface area contributed by atoms with E-state index in [2.05, 4.69) is 353 Å². The van der Waals surface area contributed by atoms with Crippen LogP contribution in [0.1, 0.15) is 83.3 Å². The fourth-order valence-electron chi connectivity index (χ4n) is 15.2. The Kier molecular flexibility index (Phi) is 12.6. The molecular formula is C86H64N2. The molecule has 14 aromatic rings. The van der Waals surface area contributed by atoms with E-state index in [1.54, 1.807) is 0 Å². The minimum Gasteiger partial charge on any atom is -0.310 e. The van der Waals surface area contributed by atoms with Gasteiger partial charge in [0, 0.05) is 33.5 Å². The summed E-state index contributed by atoms with van der Waals surface area (Å²) in [6.07, 6.45) is 4.38. The van der Waals surface area contributed by atoms with Gasteiger partial charge in [0.25, 0.3) is 0 Å². The van der Waals surface area contributed by atoms with Gasteiger partial charge in [0.15, 0.2) is 0 Å². The molecule has 0 saturated carbocycles. The molecule has 14 aromatic carbocycles. The second-order valence-electron chi connectivity index (χ2n) is 23.8. The number of hydrogen-bond donors (Lipinski definition) is 0. The van der Waals surface area contributed by atoms with Gasteiger partial charge in [0.1, 0.15) is 0 Å². The van der Waals surface area contributed by atoms with Crippen LogP contribution >= 0.6 is 0 Å². The lowest BCUT2D eigenvalue weighted by Crippen LogP contribution is -2.28. The van der Waals surface area contributed by atoms with Crippen LogP contribution in [-0.4, -0.2) is 0 Å². The number of nitrogens with zero attached hydrogens (tertiary/aromatic N) is 2. The maximum Gasteiger partial charge on any atom is 0.0713 e. The maximum atomic E-state index is 2.47. The monoisotopic (exact) mass is 1120 g/mol. The first kappa shape index (κ1) is 52.7. The number of allylic oxidation sites excluding steroid dienone is 4. The van der Waals surface area contributed by atoms with Crippen LogP contribution in [0.15, 0.2) is 315 Å². The summed E-state index contributed by atoms with van der Waals surface area (Å²) >= 11 is 0. The third kappa shape index (κ3) is 7.88. The topological polar surface area (TPSA) is 6.48 Å². The number of hydrogen-bond acceptors (Lipinski definition) is 2. The Balaban J connectivity index is 0.874. The van der Waals surface area contributed by atoms with Gasteiger partial charge in [-0.1, -0.05) is 255 Å². The van der Waals surface area contributed by atoms with Gasteiger partial charge in [-0.05, 0) is 199 Å². The summed E-state index contributed by atoms with van der Waals surface area (Å²) in [6, 6.07) is 114. The van der Waals surface area contributed by atoms with Gasteiger partial charge in [-0.25, -0.2) is 0 Å². The summed E-state index contributed by atoms with van der Waals surface area (Å²) in [6.45, 7) is 8.61. The molecule has 0 spiro atoms. The predicted octanol–water partition coefficient (Wildman–Crippen LogP) is 23.1. The highest BCUT2D eigenvalue weighted by Gasteiger charge is 2.47. The lowest BCUT2D eigenvalue weighted by atomic mass is 9.68. The smallest absolute Gasteiger partial charge is 0.0713 e. The zero-order chi connectivity index (χ0) is 59.1. The summed E-state index contributed by atoms with van der Waals surface area (Å²) < 4.78 is 0. The van der Waals surface area contributed by atoms with Crippen molar-refractivity contribution in [2.75, 3.05) is 9.80 Å². The van der Waals surface area contributed by atoms with Crippen LogP contribution in [0.4, 0.5) is 34.1 Å². The molecule has 2 nitrogen and oxygen atoms in total. The summed E-state index contributed by atoms with van der Waals surface area (Å²) in [4.78, 5) is 4.95. The molecule has 0 atom stereocenters. The van der Waals surface area contributed by atoms with Crippen molar-refractivity contribution >= 4 is 77.6 Å². The maximum absolute atomic E-state index is 2.47. The van der Waals surface area contributed by atoms with Gasteiger partial charge in [-0.3, -0.25) is 0 Å². The zero-order valence-electron chi connectivity index (χ0n) is 49.9. The normalized spacial score (nSPS) is 13.8. The van der Waals surface area contributed by atoms with Crippen LogP contribution in [0.2, 0.25) is 0 Å². The van der Waals surface area contributed by atoms with Gasteiger partial charge < -0.3 is 9.80 Å². The summed E-state index contributed by atoms with van der Waals surface area (Å²) in [5, 5.41) is 7.29. The summed E-state index contributed by atoms with van der Waals surface area (Å²) in [5.74, 6) is 0. The molecule has 0 heterocycles. The van der Waals surface area contributed by atoms with Crippen molar-refractivity contribution < 1.29 is 0 Å². The second-order valence-corrected chi connectivity index (χ2v) is 23.8. The van der Waals surface area contributed by atoms with E-state index in [9.17, 15) is 0 Å². The van der Waals surface area contributed by atoms with E-state index >= 15 is 0 Å². The lowest BCUT2D eigenvalue weighted by Gasteiger charge is -2.35. The van der Waals surface area contributed by atoms with Crippen molar-refractivity contribution in [3.8, 4) is 22.3 Å². The van der Waals surface area contributed by atoms with E-state index in [0.29, 0.717) is 0 Å². The number of anilines is 6. The van der Waals surface area contributed by atoms with E-state index in [1.165, 1.54) is 121 Å². The first-order valence-electron chi connectivity index (χ1n) is 30.9. The molecule has 0 unspecified atom stereocenters.